The summed E-state index contributed by atoms with van der Waals surface area (Å²) in [6.07, 6.45) is 0. The number of nitrogens with one attached hydrogen (secondary N) is 1. The van der Waals surface area contributed by atoms with Gasteiger partial charge in [0.05, 0.1) is 12.9 Å². The predicted octanol–water partition coefficient (Wildman–Crippen LogP) is 1.93. The van der Waals surface area contributed by atoms with Crippen molar-refractivity contribution in [3.63, 3.8) is 0 Å². The molecule has 3 nitrogen and oxygen atoms in total. The van der Waals surface area contributed by atoms with Gasteiger partial charge in [-0.3, -0.25) is 4.21 Å². The summed E-state index contributed by atoms with van der Waals surface area (Å²) in [4.78, 5) is 0. The summed E-state index contributed by atoms with van der Waals surface area (Å²) in [6.45, 7) is 2.00. The summed E-state index contributed by atoms with van der Waals surface area (Å²) in [5.41, 5.74) is 1.01. The fourth-order valence-electron chi connectivity index (χ4n) is 1.82. The number of hydrogen-bond donors (Lipinski definition) is 1. The zero-order valence-corrected chi connectivity index (χ0v) is 12.1. The van der Waals surface area contributed by atoms with Crippen molar-refractivity contribution in [1.29, 1.82) is 0 Å². The summed E-state index contributed by atoms with van der Waals surface area (Å²) in [6, 6.07) is 5.82. The van der Waals surface area contributed by atoms with Crippen LogP contribution in [0.25, 0.3) is 0 Å². The van der Waals surface area contributed by atoms with Crippen molar-refractivity contribution in [2.24, 2.45) is 5.92 Å². The predicted molar refractivity (Wildman–Crippen MR) is 73.8 cm³/mol. The number of methoxy groups -OCH3 is 1. The molecule has 0 saturated carbocycles. The van der Waals surface area contributed by atoms with E-state index >= 15 is 0 Å². The van der Waals surface area contributed by atoms with Crippen molar-refractivity contribution in [1.82, 2.24) is 5.32 Å². The van der Waals surface area contributed by atoms with E-state index in [4.69, 9.17) is 4.74 Å². The van der Waals surface area contributed by atoms with Crippen LogP contribution in [0.5, 0.6) is 5.75 Å². The average Bonchev–Trinajstić information content (AvgIpc) is 2.24. The Balaban J connectivity index is 2.00. The molecule has 1 fully saturated rings. The third-order valence-corrected chi connectivity index (χ3v) is 4.82. The Kier molecular flexibility index (Phi) is 4.59. The summed E-state index contributed by atoms with van der Waals surface area (Å²) in [5.74, 6) is 2.74. The van der Waals surface area contributed by atoms with E-state index in [1.807, 2.05) is 18.2 Å². The zero-order valence-electron chi connectivity index (χ0n) is 9.74. The molecule has 1 unspecified atom stereocenters. The van der Waals surface area contributed by atoms with Gasteiger partial charge in [-0.2, -0.15) is 0 Å². The van der Waals surface area contributed by atoms with Crippen LogP contribution in [0.15, 0.2) is 22.7 Å². The first-order valence-corrected chi connectivity index (χ1v) is 7.85. The maximum Gasteiger partial charge on any atom is 0.123 e. The van der Waals surface area contributed by atoms with Gasteiger partial charge in [0, 0.05) is 39.7 Å². The highest BCUT2D eigenvalue weighted by atomic mass is 79.9. The lowest BCUT2D eigenvalue weighted by molar-refractivity contribution is 0.382. The van der Waals surface area contributed by atoms with Crippen LogP contribution in [-0.2, 0) is 16.6 Å². The Morgan fingerprint density at radius 1 is 1.53 bits per heavy atom. The number of hydrogen-bond acceptors (Lipinski definition) is 3. The highest BCUT2D eigenvalue weighted by Gasteiger charge is 2.20. The van der Waals surface area contributed by atoms with Crippen LogP contribution in [0.3, 0.4) is 0 Å². The van der Waals surface area contributed by atoms with Gasteiger partial charge in [0.15, 0.2) is 0 Å². The van der Waals surface area contributed by atoms with E-state index < -0.39 is 10.8 Å². The van der Waals surface area contributed by atoms with Gasteiger partial charge in [0.1, 0.15) is 5.75 Å². The third-order valence-electron chi connectivity index (χ3n) is 2.85. The summed E-state index contributed by atoms with van der Waals surface area (Å²) >= 11 is 3.43. The van der Waals surface area contributed by atoms with Crippen LogP contribution in [0.2, 0.25) is 0 Å². The van der Waals surface area contributed by atoms with Gasteiger partial charge in [0.25, 0.3) is 0 Å². The number of benzene rings is 1. The minimum absolute atomic E-state index is 0.569. The first kappa shape index (κ1) is 13.1. The Morgan fingerprint density at radius 2 is 2.29 bits per heavy atom. The maximum atomic E-state index is 12.0. The van der Waals surface area contributed by atoms with Gasteiger partial charge in [-0.25, -0.2) is 0 Å². The molecule has 1 atom stereocenters. The lowest BCUT2D eigenvalue weighted by Crippen LogP contribution is -2.44. The Hall–Kier alpha value is -0.390. The molecule has 94 valence electrons. The SMILES string of the molecule is COc1ccc(Br)cc1CS(=O)CC1CNC1. The molecule has 1 N–H and O–H groups in total. The molecule has 1 aromatic rings. The van der Waals surface area contributed by atoms with Crippen molar-refractivity contribution >= 4 is 26.7 Å². The molecule has 0 amide bonds. The molecule has 1 heterocycles. The number of rotatable bonds is 5. The van der Waals surface area contributed by atoms with E-state index in [-0.39, 0.29) is 0 Å². The molecule has 17 heavy (non-hydrogen) atoms. The van der Waals surface area contributed by atoms with Crippen LogP contribution >= 0.6 is 15.9 Å². The van der Waals surface area contributed by atoms with Gasteiger partial charge in [-0.15, -0.1) is 0 Å². The highest BCUT2D eigenvalue weighted by molar-refractivity contribution is 9.10. The van der Waals surface area contributed by atoms with Gasteiger partial charge >= 0.3 is 0 Å². The van der Waals surface area contributed by atoms with Crippen LogP contribution in [0.4, 0.5) is 0 Å². The Bertz CT molecular complexity index is 421. The molecule has 0 spiro atoms. The third kappa shape index (κ3) is 3.53. The molecular weight excluding hydrogens is 302 g/mol. The average molecular weight is 318 g/mol. The van der Waals surface area contributed by atoms with Crippen molar-refractivity contribution in [2.75, 3.05) is 26.0 Å². The lowest BCUT2D eigenvalue weighted by atomic mass is 10.1. The van der Waals surface area contributed by atoms with Crippen LogP contribution in [0.1, 0.15) is 5.56 Å². The van der Waals surface area contributed by atoms with Crippen LogP contribution in [-0.4, -0.2) is 30.2 Å². The van der Waals surface area contributed by atoms with E-state index in [9.17, 15) is 4.21 Å². The molecule has 1 aliphatic heterocycles. The molecule has 1 saturated heterocycles. The first-order chi connectivity index (χ1) is 8.19. The van der Waals surface area contributed by atoms with Crippen LogP contribution < -0.4 is 10.1 Å². The highest BCUT2D eigenvalue weighted by Crippen LogP contribution is 2.24. The van der Waals surface area contributed by atoms with Gasteiger partial charge in [-0.1, -0.05) is 15.9 Å². The van der Waals surface area contributed by atoms with Gasteiger partial charge in [-0.05, 0) is 24.1 Å². The van der Waals surface area contributed by atoms with Crippen molar-refractivity contribution in [3.8, 4) is 5.75 Å². The number of ether oxygens (including phenoxy) is 1. The maximum absolute atomic E-state index is 12.0. The van der Waals surface area contributed by atoms with E-state index in [0.29, 0.717) is 11.7 Å². The summed E-state index contributed by atoms with van der Waals surface area (Å²) in [7, 11) is 0.834. The second-order valence-electron chi connectivity index (χ2n) is 4.23. The minimum atomic E-state index is -0.811. The molecule has 0 bridgehead atoms. The Labute approximate surface area is 113 Å². The molecule has 2 rings (SSSR count). The summed E-state index contributed by atoms with van der Waals surface area (Å²) < 4.78 is 18.3. The van der Waals surface area contributed by atoms with E-state index in [0.717, 1.165) is 34.6 Å². The topological polar surface area (TPSA) is 38.3 Å². The quantitative estimate of drug-likeness (QED) is 0.901. The van der Waals surface area contributed by atoms with Crippen molar-refractivity contribution < 1.29 is 8.95 Å². The van der Waals surface area contributed by atoms with E-state index in [1.54, 1.807) is 7.11 Å². The van der Waals surface area contributed by atoms with Crippen molar-refractivity contribution in [2.45, 2.75) is 5.75 Å². The fraction of sp³-hybridized carbons (Fsp3) is 0.500. The molecule has 1 aliphatic rings. The standard InChI is InChI=1S/C12H16BrNO2S/c1-16-12-3-2-11(13)4-10(12)8-17(15)7-9-5-14-6-9/h2-4,9,14H,5-8H2,1H3. The normalized spacial score (nSPS) is 17.5. The fourth-order valence-corrected chi connectivity index (χ4v) is 3.68. The number of halogens is 1. The molecule has 0 radical (unpaired) electrons. The molecule has 1 aromatic carbocycles. The second-order valence-corrected chi connectivity index (χ2v) is 6.65. The molecule has 5 heteroatoms. The summed E-state index contributed by atoms with van der Waals surface area (Å²) in [5, 5.41) is 3.20. The lowest BCUT2D eigenvalue weighted by Gasteiger charge is -2.26. The Morgan fingerprint density at radius 3 is 2.88 bits per heavy atom. The molecule has 0 aliphatic carbocycles. The second kappa shape index (κ2) is 5.98. The smallest absolute Gasteiger partial charge is 0.123 e. The van der Waals surface area contributed by atoms with Gasteiger partial charge < -0.3 is 10.1 Å². The largest absolute Gasteiger partial charge is 0.496 e. The van der Waals surface area contributed by atoms with Crippen molar-refractivity contribution in [3.05, 3.63) is 28.2 Å². The minimum Gasteiger partial charge on any atom is -0.496 e. The van der Waals surface area contributed by atoms with Crippen LogP contribution in [0, 0.1) is 5.92 Å². The monoisotopic (exact) mass is 317 g/mol. The molecular formula is C12H16BrNO2S. The zero-order chi connectivity index (χ0) is 12.3. The van der Waals surface area contributed by atoms with E-state index in [1.165, 1.54) is 0 Å². The van der Waals surface area contributed by atoms with Gasteiger partial charge in [0.2, 0.25) is 0 Å². The molecule has 0 aromatic heterocycles. The van der Waals surface area contributed by atoms with E-state index in [2.05, 4.69) is 21.2 Å². The first-order valence-electron chi connectivity index (χ1n) is 5.57.